The number of hydrogen-bond acceptors (Lipinski definition) is 3. The third-order valence-electron chi connectivity index (χ3n) is 2.81. The Morgan fingerprint density at radius 3 is 2.75 bits per heavy atom. The zero-order chi connectivity index (χ0) is 15.2. The molecule has 0 aliphatic heterocycles. The second-order valence-corrected chi connectivity index (χ2v) is 6.22. The maximum Gasteiger partial charge on any atom is 0.251 e. The number of amides is 1. The summed E-state index contributed by atoms with van der Waals surface area (Å²) in [7, 11) is -3.61. The van der Waals surface area contributed by atoms with Gasteiger partial charge < -0.3 is 5.32 Å². The van der Waals surface area contributed by atoms with Crippen molar-refractivity contribution in [1.29, 1.82) is 0 Å². The lowest BCUT2D eigenvalue weighted by molar-refractivity contribution is 0.0939. The molecule has 1 rings (SSSR count). The third-order valence-corrected chi connectivity index (χ3v) is 4.24. The molecule has 0 bridgehead atoms. The van der Waals surface area contributed by atoms with Gasteiger partial charge in [0.25, 0.3) is 5.91 Å². The van der Waals surface area contributed by atoms with Gasteiger partial charge in [-0.25, -0.2) is 13.1 Å². The van der Waals surface area contributed by atoms with E-state index in [-0.39, 0.29) is 23.4 Å². The van der Waals surface area contributed by atoms with Crippen LogP contribution in [-0.4, -0.2) is 26.9 Å². The van der Waals surface area contributed by atoms with E-state index in [2.05, 4.69) is 16.6 Å². The first-order valence-electron chi connectivity index (χ1n) is 6.42. The van der Waals surface area contributed by atoms with Crippen LogP contribution in [0.25, 0.3) is 0 Å². The molecule has 1 amide bonds. The molecule has 0 aliphatic rings. The summed E-state index contributed by atoms with van der Waals surface area (Å²) in [5.41, 5.74) is 0.326. The second kappa shape index (κ2) is 7.21. The average Bonchev–Trinajstić information content (AvgIpc) is 2.45. The summed E-state index contributed by atoms with van der Waals surface area (Å²) in [6, 6.07) is 5.99. The molecule has 20 heavy (non-hydrogen) atoms. The van der Waals surface area contributed by atoms with E-state index in [1.165, 1.54) is 18.2 Å². The summed E-state index contributed by atoms with van der Waals surface area (Å²) >= 11 is 0. The molecule has 0 saturated heterocycles. The van der Waals surface area contributed by atoms with Gasteiger partial charge in [-0.15, -0.1) is 6.58 Å². The van der Waals surface area contributed by atoms with Crippen molar-refractivity contribution in [3.8, 4) is 0 Å². The van der Waals surface area contributed by atoms with E-state index in [1.54, 1.807) is 12.1 Å². The molecule has 0 radical (unpaired) electrons. The van der Waals surface area contributed by atoms with Crippen LogP contribution in [0.15, 0.2) is 41.8 Å². The van der Waals surface area contributed by atoms with Crippen molar-refractivity contribution in [3.63, 3.8) is 0 Å². The number of benzene rings is 1. The molecule has 0 spiro atoms. The van der Waals surface area contributed by atoms with Crippen LogP contribution in [0, 0.1) is 0 Å². The van der Waals surface area contributed by atoms with Crippen LogP contribution in [0.4, 0.5) is 0 Å². The lowest BCUT2D eigenvalue weighted by Crippen LogP contribution is -2.32. The maximum atomic E-state index is 12.0. The van der Waals surface area contributed by atoms with E-state index in [0.29, 0.717) is 5.56 Å². The van der Waals surface area contributed by atoms with Crippen molar-refractivity contribution in [2.45, 2.75) is 31.2 Å². The fraction of sp³-hybridized carbons (Fsp3) is 0.357. The molecule has 1 aromatic rings. The first-order valence-corrected chi connectivity index (χ1v) is 7.90. The van der Waals surface area contributed by atoms with E-state index in [4.69, 9.17) is 0 Å². The highest BCUT2D eigenvalue weighted by atomic mass is 32.2. The minimum atomic E-state index is -3.61. The highest BCUT2D eigenvalue weighted by Crippen LogP contribution is 2.11. The predicted octanol–water partition coefficient (Wildman–Crippen LogP) is 1.68. The molecule has 0 aliphatic carbocycles. The van der Waals surface area contributed by atoms with Crippen molar-refractivity contribution < 1.29 is 13.2 Å². The molecule has 5 nitrogen and oxygen atoms in total. The Bertz CT molecular complexity index is 582. The average molecular weight is 296 g/mol. The molecule has 110 valence electrons. The minimum Gasteiger partial charge on any atom is -0.350 e. The van der Waals surface area contributed by atoms with Gasteiger partial charge in [-0.05, 0) is 31.5 Å². The molecule has 0 fully saturated rings. The van der Waals surface area contributed by atoms with Crippen LogP contribution < -0.4 is 10.0 Å². The normalized spacial score (nSPS) is 12.7. The van der Waals surface area contributed by atoms with Gasteiger partial charge in [-0.1, -0.05) is 19.1 Å². The fourth-order valence-electron chi connectivity index (χ4n) is 1.47. The molecule has 2 N–H and O–H groups in total. The van der Waals surface area contributed by atoms with E-state index >= 15 is 0 Å². The molecule has 0 aromatic heterocycles. The number of nitrogens with one attached hydrogen (secondary N) is 2. The fourth-order valence-corrected chi connectivity index (χ4v) is 2.51. The van der Waals surface area contributed by atoms with Crippen molar-refractivity contribution in [2.75, 3.05) is 6.54 Å². The molecular weight excluding hydrogens is 276 g/mol. The SMILES string of the molecule is C=CCNS(=O)(=O)c1cccc(C(=O)NC(C)CC)c1. The van der Waals surface area contributed by atoms with Gasteiger partial charge in [0, 0.05) is 18.2 Å². The van der Waals surface area contributed by atoms with Gasteiger partial charge in [-0.2, -0.15) is 0 Å². The van der Waals surface area contributed by atoms with E-state index in [9.17, 15) is 13.2 Å². The standard InChI is InChI=1S/C14H20N2O3S/c1-4-9-15-20(18,19)13-8-6-7-12(10-13)14(17)16-11(3)5-2/h4,6-8,10-11,15H,1,5,9H2,2-3H3,(H,16,17). The lowest BCUT2D eigenvalue weighted by Gasteiger charge is -2.12. The van der Waals surface area contributed by atoms with Crippen LogP contribution in [0.1, 0.15) is 30.6 Å². The van der Waals surface area contributed by atoms with Crippen LogP contribution in [-0.2, 0) is 10.0 Å². The van der Waals surface area contributed by atoms with E-state index in [1.807, 2.05) is 13.8 Å². The first-order chi connectivity index (χ1) is 9.40. The van der Waals surface area contributed by atoms with Crippen LogP contribution in [0.3, 0.4) is 0 Å². The van der Waals surface area contributed by atoms with Crippen molar-refractivity contribution in [2.24, 2.45) is 0 Å². The Hall–Kier alpha value is -1.66. The van der Waals surface area contributed by atoms with Crippen LogP contribution >= 0.6 is 0 Å². The number of carbonyl (C=O) groups is 1. The Labute approximate surface area is 120 Å². The quantitative estimate of drug-likeness (QED) is 0.752. The van der Waals surface area contributed by atoms with Gasteiger partial charge in [0.05, 0.1) is 4.90 Å². The van der Waals surface area contributed by atoms with Crippen LogP contribution in [0.2, 0.25) is 0 Å². The number of carbonyl (C=O) groups excluding carboxylic acids is 1. The summed E-state index contributed by atoms with van der Waals surface area (Å²) in [5.74, 6) is -0.278. The van der Waals surface area contributed by atoms with Gasteiger partial charge in [-0.3, -0.25) is 4.79 Å². The maximum absolute atomic E-state index is 12.0. The van der Waals surface area contributed by atoms with Crippen LogP contribution in [0.5, 0.6) is 0 Å². The van der Waals surface area contributed by atoms with Gasteiger partial charge >= 0.3 is 0 Å². The Kier molecular flexibility index (Phi) is 5.91. The van der Waals surface area contributed by atoms with Crippen molar-refractivity contribution in [1.82, 2.24) is 10.0 Å². The highest BCUT2D eigenvalue weighted by Gasteiger charge is 2.15. The highest BCUT2D eigenvalue weighted by molar-refractivity contribution is 7.89. The van der Waals surface area contributed by atoms with Gasteiger partial charge in [0.2, 0.25) is 10.0 Å². The van der Waals surface area contributed by atoms with E-state index in [0.717, 1.165) is 6.42 Å². The summed E-state index contributed by atoms with van der Waals surface area (Å²) in [5, 5.41) is 2.80. The smallest absolute Gasteiger partial charge is 0.251 e. The number of rotatable bonds is 7. The molecule has 1 aromatic carbocycles. The number of sulfonamides is 1. The Morgan fingerprint density at radius 2 is 2.15 bits per heavy atom. The monoisotopic (exact) mass is 296 g/mol. The van der Waals surface area contributed by atoms with Crippen molar-refractivity contribution in [3.05, 3.63) is 42.5 Å². The zero-order valence-electron chi connectivity index (χ0n) is 11.7. The molecule has 1 atom stereocenters. The summed E-state index contributed by atoms with van der Waals surface area (Å²) in [6.45, 7) is 7.45. The number of hydrogen-bond donors (Lipinski definition) is 2. The van der Waals surface area contributed by atoms with Gasteiger partial charge in [0.15, 0.2) is 0 Å². The largest absolute Gasteiger partial charge is 0.350 e. The molecular formula is C14H20N2O3S. The summed E-state index contributed by atoms with van der Waals surface area (Å²) in [6.07, 6.45) is 2.27. The topological polar surface area (TPSA) is 75.3 Å². The third kappa shape index (κ3) is 4.47. The molecule has 1 unspecified atom stereocenters. The second-order valence-electron chi connectivity index (χ2n) is 4.45. The Balaban J connectivity index is 2.96. The first kappa shape index (κ1) is 16.4. The molecule has 6 heteroatoms. The molecule has 0 heterocycles. The predicted molar refractivity (Wildman–Crippen MR) is 79.0 cm³/mol. The lowest BCUT2D eigenvalue weighted by atomic mass is 10.2. The van der Waals surface area contributed by atoms with E-state index < -0.39 is 10.0 Å². The minimum absolute atomic E-state index is 0.0432. The van der Waals surface area contributed by atoms with Gasteiger partial charge in [0.1, 0.15) is 0 Å². The zero-order valence-corrected chi connectivity index (χ0v) is 12.5. The van der Waals surface area contributed by atoms with Crippen molar-refractivity contribution >= 4 is 15.9 Å². The Morgan fingerprint density at radius 1 is 1.45 bits per heavy atom. The molecule has 0 saturated carbocycles. The summed E-state index contributed by atoms with van der Waals surface area (Å²) in [4.78, 5) is 12.0. The summed E-state index contributed by atoms with van der Waals surface area (Å²) < 4.78 is 26.3.